The van der Waals surface area contributed by atoms with Crippen LogP contribution >= 0.6 is 11.6 Å². The fraction of sp³-hybridized carbons (Fsp3) is 0.385. The predicted molar refractivity (Wildman–Crippen MR) is 134 cm³/mol. The van der Waals surface area contributed by atoms with Crippen LogP contribution in [0.4, 0.5) is 5.69 Å². The Balaban J connectivity index is 0.000000416. The van der Waals surface area contributed by atoms with E-state index in [0.29, 0.717) is 5.92 Å². The van der Waals surface area contributed by atoms with Crippen LogP contribution in [0.25, 0.3) is 0 Å². The molecule has 1 saturated heterocycles. The number of benzene rings is 1. The third-order valence-corrected chi connectivity index (χ3v) is 6.10. The number of piperidine rings is 1. The Morgan fingerprint density at radius 1 is 1.12 bits per heavy atom. The zero-order valence-electron chi connectivity index (χ0n) is 19.4. The van der Waals surface area contributed by atoms with Crippen molar-refractivity contribution in [2.75, 3.05) is 25.0 Å². The van der Waals surface area contributed by atoms with Crippen molar-refractivity contribution in [1.82, 2.24) is 19.7 Å². The summed E-state index contributed by atoms with van der Waals surface area (Å²) in [6.45, 7) is 8.64. The molecule has 0 bridgehead atoms. The van der Waals surface area contributed by atoms with Crippen molar-refractivity contribution in [3.63, 3.8) is 0 Å². The van der Waals surface area contributed by atoms with Crippen LogP contribution in [-0.2, 0) is 13.1 Å². The van der Waals surface area contributed by atoms with E-state index in [4.69, 9.17) is 11.6 Å². The maximum Gasteiger partial charge on any atom is 0.0534 e. The van der Waals surface area contributed by atoms with Gasteiger partial charge in [-0.05, 0) is 82.1 Å². The number of allylic oxidation sites excluding steroid dienone is 1. The summed E-state index contributed by atoms with van der Waals surface area (Å²) in [5.41, 5.74) is 3.94. The number of halogens is 1. The molecule has 0 amide bonds. The quantitative estimate of drug-likeness (QED) is 0.468. The number of aryl methyl sites for hydroxylation is 1. The minimum absolute atomic E-state index is 0.666. The van der Waals surface area contributed by atoms with Gasteiger partial charge in [0.25, 0.3) is 0 Å². The van der Waals surface area contributed by atoms with E-state index < -0.39 is 0 Å². The van der Waals surface area contributed by atoms with E-state index in [9.17, 15) is 0 Å². The molecule has 4 rings (SSSR count). The fourth-order valence-electron chi connectivity index (χ4n) is 3.94. The molecule has 0 N–H and O–H groups in total. The topological polar surface area (TPSA) is 37.2 Å². The highest BCUT2D eigenvalue weighted by Crippen LogP contribution is 2.27. The van der Waals surface area contributed by atoms with E-state index >= 15 is 0 Å². The Kier molecular flexibility index (Phi) is 9.32. The summed E-state index contributed by atoms with van der Waals surface area (Å²) in [6, 6.07) is 13.7. The summed E-state index contributed by atoms with van der Waals surface area (Å²) >= 11 is 5.98. The third-order valence-electron chi connectivity index (χ3n) is 5.85. The number of pyridine rings is 1. The molecule has 170 valence electrons. The lowest BCUT2D eigenvalue weighted by Crippen LogP contribution is -2.33. The third kappa shape index (κ3) is 7.50. The number of hydrogen-bond acceptors (Lipinski definition) is 4. The first-order valence-electron chi connectivity index (χ1n) is 11.3. The van der Waals surface area contributed by atoms with Crippen LogP contribution in [0, 0.1) is 5.92 Å². The predicted octanol–water partition coefficient (Wildman–Crippen LogP) is 5.89. The Morgan fingerprint density at radius 3 is 2.34 bits per heavy atom. The normalized spacial score (nSPS) is 15.2. The van der Waals surface area contributed by atoms with Crippen LogP contribution < -0.4 is 4.90 Å². The zero-order chi connectivity index (χ0) is 22.8. The molecule has 3 heterocycles. The van der Waals surface area contributed by atoms with Crippen molar-refractivity contribution in [1.29, 1.82) is 0 Å². The molecule has 6 heteroatoms. The van der Waals surface area contributed by atoms with Crippen LogP contribution in [0.1, 0.15) is 32.3 Å². The molecule has 0 aliphatic carbocycles. The molecule has 1 aliphatic rings. The molecule has 2 aromatic heterocycles. The van der Waals surface area contributed by atoms with Crippen LogP contribution in [0.15, 0.2) is 79.0 Å². The van der Waals surface area contributed by atoms with Crippen molar-refractivity contribution < 1.29 is 0 Å². The Hall–Kier alpha value is -2.63. The van der Waals surface area contributed by atoms with Crippen LogP contribution in [0.2, 0.25) is 5.02 Å². The maximum absolute atomic E-state index is 5.98. The minimum atomic E-state index is 0.666. The summed E-state index contributed by atoms with van der Waals surface area (Å²) in [5.74, 6) is 0.666. The molecular formula is C26H34ClN5. The first-order valence-corrected chi connectivity index (χ1v) is 11.7. The van der Waals surface area contributed by atoms with Crippen LogP contribution in [0.5, 0.6) is 0 Å². The highest BCUT2D eigenvalue weighted by atomic mass is 35.5. The van der Waals surface area contributed by atoms with E-state index in [1.165, 1.54) is 29.7 Å². The molecule has 0 atom stereocenters. The standard InChI is InChI=1S/C21H29ClN4.C5H5N/c1-4-26-16-18(13-23-26)15-25-11-9-19(10-12-25)17(2)14-24(3)21-7-5-20(22)6-8-21;1-2-4-6-5-3-1/h5-8,13-14,16,19H,4,9-12,15H2,1-3H3;1-5H/b17-14+;. The lowest BCUT2D eigenvalue weighted by atomic mass is 9.90. The van der Waals surface area contributed by atoms with Crippen molar-refractivity contribution in [3.05, 3.63) is 89.6 Å². The Labute approximate surface area is 197 Å². The minimum Gasteiger partial charge on any atom is -0.351 e. The second-order valence-electron chi connectivity index (χ2n) is 8.24. The SMILES string of the molecule is CCn1cc(CN2CCC(/C(C)=C/N(C)c3ccc(Cl)cc3)CC2)cn1.c1ccncc1. The van der Waals surface area contributed by atoms with E-state index in [-0.39, 0.29) is 0 Å². The number of aromatic nitrogens is 3. The van der Waals surface area contributed by atoms with Gasteiger partial charge in [0, 0.05) is 61.2 Å². The highest BCUT2D eigenvalue weighted by Gasteiger charge is 2.21. The summed E-state index contributed by atoms with van der Waals surface area (Å²) in [4.78, 5) is 8.52. The first kappa shape index (κ1) is 24.0. The molecule has 1 aliphatic heterocycles. The lowest BCUT2D eigenvalue weighted by Gasteiger charge is -2.32. The van der Waals surface area contributed by atoms with Gasteiger partial charge < -0.3 is 4.90 Å². The summed E-state index contributed by atoms with van der Waals surface area (Å²) < 4.78 is 2.00. The van der Waals surface area contributed by atoms with Gasteiger partial charge >= 0.3 is 0 Å². The van der Waals surface area contributed by atoms with Crippen LogP contribution in [0.3, 0.4) is 0 Å². The van der Waals surface area contributed by atoms with Crippen molar-refractivity contribution >= 4 is 17.3 Å². The van der Waals surface area contributed by atoms with Gasteiger partial charge in [0.1, 0.15) is 0 Å². The fourth-order valence-corrected chi connectivity index (χ4v) is 4.07. The number of nitrogens with zero attached hydrogens (tertiary/aromatic N) is 5. The maximum atomic E-state index is 5.98. The Morgan fingerprint density at radius 2 is 1.81 bits per heavy atom. The van der Waals surface area contributed by atoms with Crippen molar-refractivity contribution in [3.8, 4) is 0 Å². The molecule has 1 aromatic carbocycles. The molecule has 32 heavy (non-hydrogen) atoms. The zero-order valence-corrected chi connectivity index (χ0v) is 20.1. The van der Waals surface area contributed by atoms with Gasteiger partial charge in [-0.3, -0.25) is 14.6 Å². The molecule has 5 nitrogen and oxygen atoms in total. The molecule has 1 fully saturated rings. The monoisotopic (exact) mass is 451 g/mol. The number of anilines is 1. The second kappa shape index (κ2) is 12.4. The molecule has 0 spiro atoms. The van der Waals surface area contributed by atoms with Crippen molar-refractivity contribution in [2.24, 2.45) is 5.92 Å². The highest BCUT2D eigenvalue weighted by molar-refractivity contribution is 6.30. The van der Waals surface area contributed by atoms with Gasteiger partial charge in [-0.1, -0.05) is 23.2 Å². The smallest absolute Gasteiger partial charge is 0.0534 e. The van der Waals surface area contributed by atoms with Gasteiger partial charge in [0.05, 0.1) is 6.20 Å². The van der Waals surface area contributed by atoms with Gasteiger partial charge in [-0.2, -0.15) is 5.10 Å². The van der Waals surface area contributed by atoms with E-state index in [1.54, 1.807) is 12.4 Å². The molecule has 0 radical (unpaired) electrons. The summed E-state index contributed by atoms with van der Waals surface area (Å²) in [6.07, 6.45) is 12.4. The summed E-state index contributed by atoms with van der Waals surface area (Å²) in [5, 5.41) is 5.15. The average molecular weight is 452 g/mol. The number of hydrogen-bond donors (Lipinski definition) is 0. The van der Waals surface area contributed by atoms with Gasteiger partial charge in [0.2, 0.25) is 0 Å². The second-order valence-corrected chi connectivity index (χ2v) is 8.68. The van der Waals surface area contributed by atoms with E-state index in [2.05, 4.69) is 65.3 Å². The van der Waals surface area contributed by atoms with Gasteiger partial charge in [-0.25, -0.2) is 0 Å². The van der Waals surface area contributed by atoms with E-state index in [1.807, 2.05) is 41.2 Å². The summed E-state index contributed by atoms with van der Waals surface area (Å²) in [7, 11) is 2.10. The number of likely N-dealkylation sites (tertiary alicyclic amines) is 1. The van der Waals surface area contributed by atoms with E-state index in [0.717, 1.165) is 31.2 Å². The molecular weight excluding hydrogens is 418 g/mol. The molecule has 0 unspecified atom stereocenters. The van der Waals surface area contributed by atoms with Gasteiger partial charge in [0.15, 0.2) is 0 Å². The largest absolute Gasteiger partial charge is 0.351 e. The molecule has 0 saturated carbocycles. The lowest BCUT2D eigenvalue weighted by molar-refractivity contribution is 0.191. The average Bonchev–Trinajstić information content (AvgIpc) is 3.29. The van der Waals surface area contributed by atoms with Crippen molar-refractivity contribution in [2.45, 2.75) is 39.8 Å². The Bertz CT molecular complexity index is 917. The number of rotatable bonds is 6. The first-order chi connectivity index (χ1) is 15.5. The molecule has 3 aromatic rings. The van der Waals surface area contributed by atoms with Gasteiger partial charge in [-0.15, -0.1) is 0 Å². The van der Waals surface area contributed by atoms with Crippen LogP contribution in [-0.4, -0.2) is 39.8 Å².